The van der Waals surface area contributed by atoms with Crippen LogP contribution in [0.15, 0.2) is 36.7 Å². The van der Waals surface area contributed by atoms with Crippen LogP contribution in [0.4, 0.5) is 5.82 Å². The van der Waals surface area contributed by atoms with Crippen molar-refractivity contribution >= 4 is 11.7 Å². The van der Waals surface area contributed by atoms with Crippen molar-refractivity contribution in [1.82, 2.24) is 14.9 Å². The first-order valence-corrected chi connectivity index (χ1v) is 7.25. The quantitative estimate of drug-likeness (QED) is 0.910. The average Bonchev–Trinajstić information content (AvgIpc) is 2.56. The number of amides is 1. The maximum absolute atomic E-state index is 11.4. The predicted molar refractivity (Wildman–Crippen MR) is 83.6 cm³/mol. The van der Waals surface area contributed by atoms with Crippen molar-refractivity contribution in [1.29, 1.82) is 0 Å². The number of nitrogens with zero attached hydrogens (tertiary/aromatic N) is 4. The molecule has 1 aromatic carbocycles. The number of benzene rings is 1. The molecule has 6 nitrogen and oxygen atoms in total. The van der Waals surface area contributed by atoms with Gasteiger partial charge in [-0.1, -0.05) is 0 Å². The molecule has 0 radical (unpaired) electrons. The lowest BCUT2D eigenvalue weighted by Gasteiger charge is -2.34. The molecule has 1 saturated heterocycles. The molecule has 1 amide bonds. The number of phenolic OH excluding ortho intramolecular Hbond substituents is 1. The minimum absolute atomic E-state index is 0.114. The topological polar surface area (TPSA) is 69.6 Å². The monoisotopic (exact) mass is 298 g/mol. The number of hydrogen-bond donors (Lipinski definition) is 1. The second-order valence-corrected chi connectivity index (χ2v) is 5.30. The van der Waals surface area contributed by atoms with Crippen LogP contribution in [0, 0.1) is 0 Å². The number of rotatable bonds is 2. The summed E-state index contributed by atoms with van der Waals surface area (Å²) in [6, 6.07) is 6.90. The van der Waals surface area contributed by atoms with Gasteiger partial charge in [0.1, 0.15) is 11.6 Å². The molecule has 0 saturated carbocycles. The van der Waals surface area contributed by atoms with Gasteiger partial charge in [-0.3, -0.25) is 9.78 Å². The third kappa shape index (κ3) is 3.00. The summed E-state index contributed by atoms with van der Waals surface area (Å²) in [6.07, 6.45) is 3.45. The van der Waals surface area contributed by atoms with Gasteiger partial charge in [0.2, 0.25) is 5.91 Å². The first-order chi connectivity index (χ1) is 10.6. The molecule has 1 aromatic heterocycles. The molecule has 0 unspecified atom stereocenters. The molecule has 0 spiro atoms. The lowest BCUT2D eigenvalue weighted by molar-refractivity contribution is -0.129. The zero-order chi connectivity index (χ0) is 15.5. The van der Waals surface area contributed by atoms with Crippen molar-refractivity contribution in [2.24, 2.45) is 0 Å². The summed E-state index contributed by atoms with van der Waals surface area (Å²) in [6.45, 7) is 4.53. The highest BCUT2D eigenvalue weighted by Gasteiger charge is 2.20. The van der Waals surface area contributed by atoms with Crippen molar-refractivity contribution in [2.45, 2.75) is 6.92 Å². The molecule has 0 bridgehead atoms. The van der Waals surface area contributed by atoms with Gasteiger partial charge in [0.05, 0.1) is 18.1 Å². The van der Waals surface area contributed by atoms with Gasteiger partial charge in [-0.25, -0.2) is 4.98 Å². The standard InChI is InChI=1S/C16H18N4O2/c1-12(21)19-6-8-20(9-7-19)16-11-17-10-15(18-16)13-2-4-14(22)5-3-13/h2-5,10-11,22H,6-9H2,1H3. The largest absolute Gasteiger partial charge is 0.508 e. The Labute approximate surface area is 129 Å². The van der Waals surface area contributed by atoms with Crippen molar-refractivity contribution in [3.8, 4) is 17.0 Å². The van der Waals surface area contributed by atoms with Crippen LogP contribution >= 0.6 is 0 Å². The summed E-state index contributed by atoms with van der Waals surface area (Å²) in [5, 5.41) is 9.36. The first kappa shape index (κ1) is 14.3. The van der Waals surface area contributed by atoms with E-state index in [0.717, 1.165) is 30.2 Å². The zero-order valence-corrected chi connectivity index (χ0v) is 12.4. The average molecular weight is 298 g/mol. The lowest BCUT2D eigenvalue weighted by atomic mass is 10.1. The smallest absolute Gasteiger partial charge is 0.219 e. The number of carbonyl (C=O) groups excluding carboxylic acids is 1. The van der Waals surface area contributed by atoms with Crippen molar-refractivity contribution in [3.63, 3.8) is 0 Å². The SMILES string of the molecule is CC(=O)N1CCN(c2cncc(-c3ccc(O)cc3)n2)CC1. The molecule has 2 aromatic rings. The van der Waals surface area contributed by atoms with Gasteiger partial charge in [0.15, 0.2) is 0 Å². The molecular formula is C16H18N4O2. The Bertz CT molecular complexity index is 664. The molecule has 0 aliphatic carbocycles. The number of anilines is 1. The van der Waals surface area contributed by atoms with Gasteiger partial charge in [0.25, 0.3) is 0 Å². The van der Waals surface area contributed by atoms with Gasteiger partial charge in [0, 0.05) is 38.7 Å². The Morgan fingerprint density at radius 1 is 1.09 bits per heavy atom. The van der Waals surface area contributed by atoms with Gasteiger partial charge in [-0.15, -0.1) is 0 Å². The van der Waals surface area contributed by atoms with Crippen LogP contribution < -0.4 is 4.90 Å². The van der Waals surface area contributed by atoms with E-state index in [1.54, 1.807) is 31.5 Å². The van der Waals surface area contributed by atoms with E-state index in [4.69, 9.17) is 0 Å². The highest BCUT2D eigenvalue weighted by atomic mass is 16.3. The molecule has 114 valence electrons. The molecule has 0 atom stereocenters. The Morgan fingerprint density at radius 3 is 2.41 bits per heavy atom. The highest BCUT2D eigenvalue weighted by molar-refractivity contribution is 5.73. The molecular weight excluding hydrogens is 280 g/mol. The molecule has 2 heterocycles. The Kier molecular flexibility index (Phi) is 3.91. The molecule has 1 aliphatic heterocycles. The first-order valence-electron chi connectivity index (χ1n) is 7.25. The van der Waals surface area contributed by atoms with E-state index >= 15 is 0 Å². The fourth-order valence-corrected chi connectivity index (χ4v) is 2.53. The number of aromatic hydroxyl groups is 1. The molecule has 1 N–H and O–H groups in total. The number of piperazine rings is 1. The maximum Gasteiger partial charge on any atom is 0.219 e. The molecule has 6 heteroatoms. The number of aromatic nitrogens is 2. The van der Waals surface area contributed by atoms with Crippen LogP contribution in [0.2, 0.25) is 0 Å². The van der Waals surface area contributed by atoms with Crippen LogP contribution in [0.5, 0.6) is 5.75 Å². The predicted octanol–water partition coefficient (Wildman–Crippen LogP) is 1.52. The Hall–Kier alpha value is -2.63. The Morgan fingerprint density at radius 2 is 1.77 bits per heavy atom. The summed E-state index contributed by atoms with van der Waals surface area (Å²) in [5.74, 6) is 1.16. The normalized spacial score (nSPS) is 15.0. The van der Waals surface area contributed by atoms with Gasteiger partial charge in [-0.2, -0.15) is 0 Å². The van der Waals surface area contributed by atoms with E-state index in [-0.39, 0.29) is 11.7 Å². The minimum atomic E-state index is 0.114. The van der Waals surface area contributed by atoms with E-state index in [1.165, 1.54) is 0 Å². The minimum Gasteiger partial charge on any atom is -0.508 e. The van der Waals surface area contributed by atoms with Gasteiger partial charge in [-0.05, 0) is 24.3 Å². The van der Waals surface area contributed by atoms with Crippen LogP contribution in [0.3, 0.4) is 0 Å². The van der Waals surface area contributed by atoms with Gasteiger partial charge >= 0.3 is 0 Å². The summed E-state index contributed by atoms with van der Waals surface area (Å²) >= 11 is 0. The summed E-state index contributed by atoms with van der Waals surface area (Å²) < 4.78 is 0. The number of hydrogen-bond acceptors (Lipinski definition) is 5. The fraction of sp³-hybridized carbons (Fsp3) is 0.312. The van der Waals surface area contributed by atoms with Crippen molar-refractivity contribution in [3.05, 3.63) is 36.7 Å². The van der Waals surface area contributed by atoms with Crippen molar-refractivity contribution < 1.29 is 9.90 Å². The van der Waals surface area contributed by atoms with Gasteiger partial charge < -0.3 is 14.9 Å². The van der Waals surface area contributed by atoms with Crippen molar-refractivity contribution in [2.75, 3.05) is 31.1 Å². The van der Waals surface area contributed by atoms with Crippen LogP contribution in [0.1, 0.15) is 6.92 Å². The molecule has 1 fully saturated rings. The van der Waals surface area contributed by atoms with Crippen LogP contribution in [0.25, 0.3) is 11.3 Å². The third-order valence-electron chi connectivity index (χ3n) is 3.83. The van der Waals surface area contributed by atoms with Crippen LogP contribution in [-0.4, -0.2) is 52.1 Å². The summed E-state index contributed by atoms with van der Waals surface area (Å²) in [7, 11) is 0. The van der Waals surface area contributed by atoms with E-state index in [1.807, 2.05) is 17.0 Å². The Balaban J connectivity index is 1.77. The van der Waals surface area contributed by atoms with E-state index in [0.29, 0.717) is 13.1 Å². The number of carbonyl (C=O) groups is 1. The summed E-state index contributed by atoms with van der Waals surface area (Å²) in [4.78, 5) is 24.3. The maximum atomic E-state index is 11.4. The number of phenols is 1. The second-order valence-electron chi connectivity index (χ2n) is 5.30. The lowest BCUT2D eigenvalue weighted by Crippen LogP contribution is -2.48. The van der Waals surface area contributed by atoms with E-state index in [2.05, 4.69) is 14.9 Å². The molecule has 3 rings (SSSR count). The zero-order valence-electron chi connectivity index (χ0n) is 12.4. The molecule has 1 aliphatic rings. The molecule has 22 heavy (non-hydrogen) atoms. The van der Waals surface area contributed by atoms with E-state index < -0.39 is 0 Å². The second kappa shape index (κ2) is 6.01. The summed E-state index contributed by atoms with van der Waals surface area (Å²) in [5.41, 5.74) is 1.68. The third-order valence-corrected chi connectivity index (χ3v) is 3.83. The van der Waals surface area contributed by atoms with E-state index in [9.17, 15) is 9.90 Å². The highest BCUT2D eigenvalue weighted by Crippen LogP contribution is 2.22. The van der Waals surface area contributed by atoms with Crippen LogP contribution in [-0.2, 0) is 4.79 Å². The fourth-order valence-electron chi connectivity index (χ4n) is 2.53.